The quantitative estimate of drug-likeness (QED) is 0.693. The fraction of sp³-hybridized carbons (Fsp3) is 0.583. The maximum Gasteiger partial charge on any atom is 0.128 e. The van der Waals surface area contributed by atoms with Crippen LogP contribution >= 0.6 is 0 Å². The summed E-state index contributed by atoms with van der Waals surface area (Å²) in [4.78, 5) is 6.32. The van der Waals surface area contributed by atoms with Gasteiger partial charge in [0.25, 0.3) is 0 Å². The van der Waals surface area contributed by atoms with Gasteiger partial charge in [0.05, 0.1) is 13.2 Å². The SMILES string of the molecule is Cc1cnc(NCCOCCN(C)C)cc1N. The molecule has 0 unspecified atom stereocenters. The van der Waals surface area contributed by atoms with Crippen molar-refractivity contribution in [1.29, 1.82) is 0 Å². The number of aryl methyl sites for hydroxylation is 1. The van der Waals surface area contributed by atoms with Crippen LogP contribution < -0.4 is 11.1 Å². The highest BCUT2D eigenvalue weighted by atomic mass is 16.5. The van der Waals surface area contributed by atoms with E-state index in [2.05, 4.69) is 15.2 Å². The highest BCUT2D eigenvalue weighted by molar-refractivity contribution is 5.53. The number of hydrogen-bond donors (Lipinski definition) is 2. The van der Waals surface area contributed by atoms with Crippen LogP contribution in [0, 0.1) is 6.92 Å². The molecular formula is C12H22N4O. The Morgan fingerprint density at radius 2 is 2.18 bits per heavy atom. The van der Waals surface area contributed by atoms with Gasteiger partial charge in [-0.05, 0) is 26.6 Å². The maximum atomic E-state index is 5.79. The molecular weight excluding hydrogens is 216 g/mol. The Kier molecular flexibility index (Phi) is 5.72. The van der Waals surface area contributed by atoms with Crippen molar-refractivity contribution in [3.05, 3.63) is 17.8 Å². The zero-order chi connectivity index (χ0) is 12.7. The molecule has 3 N–H and O–H groups in total. The van der Waals surface area contributed by atoms with E-state index >= 15 is 0 Å². The van der Waals surface area contributed by atoms with Crippen LogP contribution in [0.4, 0.5) is 11.5 Å². The lowest BCUT2D eigenvalue weighted by molar-refractivity contribution is 0.126. The molecule has 1 rings (SSSR count). The summed E-state index contributed by atoms with van der Waals surface area (Å²) >= 11 is 0. The highest BCUT2D eigenvalue weighted by Gasteiger charge is 1.97. The number of nitrogens with one attached hydrogen (secondary N) is 1. The van der Waals surface area contributed by atoms with E-state index < -0.39 is 0 Å². The topological polar surface area (TPSA) is 63.4 Å². The molecule has 0 amide bonds. The Balaban J connectivity index is 2.16. The number of nitrogens with zero attached hydrogens (tertiary/aromatic N) is 2. The van der Waals surface area contributed by atoms with E-state index in [1.54, 1.807) is 6.20 Å². The summed E-state index contributed by atoms with van der Waals surface area (Å²) < 4.78 is 5.46. The molecule has 0 aliphatic carbocycles. The van der Waals surface area contributed by atoms with Crippen LogP contribution in [0.5, 0.6) is 0 Å². The van der Waals surface area contributed by atoms with Gasteiger partial charge in [0.1, 0.15) is 5.82 Å². The smallest absolute Gasteiger partial charge is 0.128 e. The van der Waals surface area contributed by atoms with E-state index in [9.17, 15) is 0 Å². The lowest BCUT2D eigenvalue weighted by atomic mass is 10.2. The maximum absolute atomic E-state index is 5.79. The molecule has 1 aromatic rings. The zero-order valence-electron chi connectivity index (χ0n) is 10.9. The third-order valence-electron chi connectivity index (χ3n) is 2.38. The fourth-order valence-corrected chi connectivity index (χ4v) is 1.24. The van der Waals surface area contributed by atoms with Crippen LogP contribution in [0.15, 0.2) is 12.3 Å². The first-order valence-electron chi connectivity index (χ1n) is 5.78. The summed E-state index contributed by atoms with van der Waals surface area (Å²) in [5.41, 5.74) is 7.55. The van der Waals surface area contributed by atoms with Gasteiger partial charge >= 0.3 is 0 Å². The molecule has 0 saturated heterocycles. The molecule has 0 aliphatic rings. The fourth-order valence-electron chi connectivity index (χ4n) is 1.24. The molecule has 17 heavy (non-hydrogen) atoms. The predicted octanol–water partition coefficient (Wildman–Crippen LogP) is 0.962. The lowest BCUT2D eigenvalue weighted by Crippen LogP contribution is -2.20. The molecule has 5 nitrogen and oxygen atoms in total. The van der Waals surface area contributed by atoms with Crippen molar-refractivity contribution in [3.8, 4) is 0 Å². The van der Waals surface area contributed by atoms with Crippen molar-refractivity contribution in [2.45, 2.75) is 6.92 Å². The van der Waals surface area contributed by atoms with Gasteiger partial charge in [-0.2, -0.15) is 0 Å². The Morgan fingerprint density at radius 3 is 2.82 bits per heavy atom. The molecule has 0 bridgehead atoms. The minimum atomic E-state index is 0.670. The summed E-state index contributed by atoms with van der Waals surface area (Å²) in [6, 6.07) is 1.84. The zero-order valence-corrected chi connectivity index (χ0v) is 10.9. The molecule has 5 heteroatoms. The Morgan fingerprint density at radius 1 is 1.41 bits per heavy atom. The first-order chi connectivity index (χ1) is 8.09. The number of aromatic nitrogens is 1. The summed E-state index contributed by atoms with van der Waals surface area (Å²) in [5, 5.41) is 3.17. The number of hydrogen-bond acceptors (Lipinski definition) is 5. The second-order valence-electron chi connectivity index (χ2n) is 4.27. The average molecular weight is 238 g/mol. The standard InChI is InChI=1S/C12H22N4O/c1-10-9-15-12(8-11(10)13)14-4-6-17-7-5-16(2)3/h8-9H,4-7H2,1-3H3,(H3,13,14,15). The number of rotatable bonds is 7. The van der Waals surface area contributed by atoms with Crippen molar-refractivity contribution >= 4 is 11.5 Å². The van der Waals surface area contributed by atoms with Crippen LogP contribution in [0.3, 0.4) is 0 Å². The van der Waals surface area contributed by atoms with Gasteiger partial charge in [-0.3, -0.25) is 0 Å². The summed E-state index contributed by atoms with van der Waals surface area (Å²) in [6.07, 6.45) is 1.77. The largest absolute Gasteiger partial charge is 0.398 e. The highest BCUT2D eigenvalue weighted by Crippen LogP contribution is 2.12. The average Bonchev–Trinajstić information content (AvgIpc) is 2.27. The summed E-state index contributed by atoms with van der Waals surface area (Å²) in [5.74, 6) is 0.796. The molecule has 1 heterocycles. The molecule has 0 aliphatic heterocycles. The van der Waals surface area contributed by atoms with E-state index in [1.165, 1.54) is 0 Å². The summed E-state index contributed by atoms with van der Waals surface area (Å²) in [6.45, 7) is 5.04. The molecule has 96 valence electrons. The molecule has 0 radical (unpaired) electrons. The van der Waals surface area contributed by atoms with Gasteiger partial charge in [0.15, 0.2) is 0 Å². The normalized spacial score (nSPS) is 10.8. The number of ether oxygens (including phenoxy) is 1. The van der Waals surface area contributed by atoms with Gasteiger partial charge in [-0.15, -0.1) is 0 Å². The van der Waals surface area contributed by atoms with Crippen molar-refractivity contribution in [3.63, 3.8) is 0 Å². The number of anilines is 2. The van der Waals surface area contributed by atoms with E-state index in [1.807, 2.05) is 27.1 Å². The molecule has 0 atom stereocenters. The first-order valence-corrected chi connectivity index (χ1v) is 5.78. The number of likely N-dealkylation sites (N-methyl/N-ethyl adjacent to an activating group) is 1. The van der Waals surface area contributed by atoms with Crippen molar-refractivity contribution in [1.82, 2.24) is 9.88 Å². The molecule has 0 saturated carbocycles. The minimum Gasteiger partial charge on any atom is -0.398 e. The third kappa shape index (κ3) is 5.51. The van der Waals surface area contributed by atoms with Crippen LogP contribution in [0.1, 0.15) is 5.56 Å². The Labute approximate surface area is 103 Å². The predicted molar refractivity (Wildman–Crippen MR) is 71.2 cm³/mol. The Bertz CT molecular complexity index is 341. The van der Waals surface area contributed by atoms with Gasteiger partial charge < -0.3 is 20.7 Å². The Hall–Kier alpha value is -1.33. The molecule has 0 spiro atoms. The van der Waals surface area contributed by atoms with Crippen molar-refractivity contribution in [2.24, 2.45) is 0 Å². The van der Waals surface area contributed by atoms with Crippen LogP contribution in [-0.4, -0.2) is 50.3 Å². The van der Waals surface area contributed by atoms with Crippen molar-refractivity contribution < 1.29 is 4.74 Å². The van der Waals surface area contributed by atoms with Gasteiger partial charge in [0, 0.05) is 31.0 Å². The molecule has 0 aromatic carbocycles. The number of nitrogen functional groups attached to an aromatic ring is 1. The van der Waals surface area contributed by atoms with Gasteiger partial charge in [-0.25, -0.2) is 4.98 Å². The third-order valence-corrected chi connectivity index (χ3v) is 2.38. The van der Waals surface area contributed by atoms with Crippen molar-refractivity contribution in [2.75, 3.05) is 51.4 Å². The minimum absolute atomic E-state index is 0.670. The monoisotopic (exact) mass is 238 g/mol. The number of nitrogens with two attached hydrogens (primary N) is 1. The first kappa shape index (κ1) is 13.7. The van der Waals surface area contributed by atoms with E-state index in [4.69, 9.17) is 10.5 Å². The van der Waals surface area contributed by atoms with Gasteiger partial charge in [0.2, 0.25) is 0 Å². The number of pyridine rings is 1. The van der Waals surface area contributed by atoms with E-state index in [0.29, 0.717) is 6.61 Å². The van der Waals surface area contributed by atoms with Crippen LogP contribution in [0.2, 0.25) is 0 Å². The van der Waals surface area contributed by atoms with E-state index in [-0.39, 0.29) is 0 Å². The second-order valence-corrected chi connectivity index (χ2v) is 4.27. The summed E-state index contributed by atoms with van der Waals surface area (Å²) in [7, 11) is 4.06. The van der Waals surface area contributed by atoms with E-state index in [0.717, 1.165) is 36.8 Å². The van der Waals surface area contributed by atoms with Crippen LogP contribution in [0.25, 0.3) is 0 Å². The lowest BCUT2D eigenvalue weighted by Gasteiger charge is -2.10. The van der Waals surface area contributed by atoms with Gasteiger partial charge in [-0.1, -0.05) is 0 Å². The molecule has 0 fully saturated rings. The van der Waals surface area contributed by atoms with Crippen LogP contribution in [-0.2, 0) is 4.74 Å². The molecule has 1 aromatic heterocycles. The second kappa shape index (κ2) is 7.09.